The number of amides is 1. The fourth-order valence-electron chi connectivity index (χ4n) is 2.23. The van der Waals surface area contributed by atoms with Crippen LogP contribution < -0.4 is 10.6 Å². The minimum absolute atomic E-state index is 0.00714. The molecule has 21 heavy (non-hydrogen) atoms. The first kappa shape index (κ1) is 15.5. The molecule has 4 heteroatoms. The fourth-order valence-corrected chi connectivity index (χ4v) is 2.23. The third kappa shape index (κ3) is 4.28. The lowest BCUT2D eigenvalue weighted by molar-refractivity contribution is -0.122. The van der Waals surface area contributed by atoms with Crippen LogP contribution in [0.4, 0.5) is 0 Å². The summed E-state index contributed by atoms with van der Waals surface area (Å²) in [6, 6.07) is 14.3. The Kier molecular flexibility index (Phi) is 5.72. The van der Waals surface area contributed by atoms with E-state index in [9.17, 15) is 4.79 Å². The van der Waals surface area contributed by atoms with Gasteiger partial charge in [0.25, 0.3) is 0 Å². The van der Waals surface area contributed by atoms with Crippen LogP contribution in [0.3, 0.4) is 0 Å². The van der Waals surface area contributed by atoms with Gasteiger partial charge in [0.1, 0.15) is 0 Å². The van der Waals surface area contributed by atoms with Crippen molar-refractivity contribution in [2.24, 2.45) is 0 Å². The van der Waals surface area contributed by atoms with Crippen LogP contribution in [-0.4, -0.2) is 32.2 Å². The molecule has 0 spiro atoms. The third-order valence-corrected chi connectivity index (χ3v) is 3.48. The average molecular weight is 286 g/mol. The molecule has 0 saturated heterocycles. The quantitative estimate of drug-likeness (QED) is 0.766. The number of fused-ring (bicyclic) bond motifs is 1. The van der Waals surface area contributed by atoms with Crippen molar-refractivity contribution in [2.45, 2.75) is 19.5 Å². The molecule has 0 saturated carbocycles. The molecule has 0 heterocycles. The van der Waals surface area contributed by atoms with Gasteiger partial charge in [-0.1, -0.05) is 42.5 Å². The number of rotatable bonds is 7. The Morgan fingerprint density at radius 2 is 1.95 bits per heavy atom. The summed E-state index contributed by atoms with van der Waals surface area (Å²) in [5.74, 6) is -0.00714. The van der Waals surface area contributed by atoms with Gasteiger partial charge >= 0.3 is 0 Å². The molecule has 2 aromatic carbocycles. The molecule has 1 amide bonds. The van der Waals surface area contributed by atoms with Crippen LogP contribution in [0.15, 0.2) is 42.5 Å². The van der Waals surface area contributed by atoms with Gasteiger partial charge in [-0.15, -0.1) is 0 Å². The smallest absolute Gasteiger partial charge is 0.236 e. The zero-order chi connectivity index (χ0) is 15.1. The molecule has 112 valence electrons. The van der Waals surface area contributed by atoms with Gasteiger partial charge in [0, 0.05) is 20.2 Å². The Balaban J connectivity index is 1.94. The lowest BCUT2D eigenvalue weighted by atomic mass is 10.0. The van der Waals surface area contributed by atoms with Crippen LogP contribution >= 0.6 is 0 Å². The summed E-state index contributed by atoms with van der Waals surface area (Å²) in [6.07, 6.45) is 0. The van der Waals surface area contributed by atoms with Crippen molar-refractivity contribution in [3.05, 3.63) is 48.0 Å². The first-order valence-electron chi connectivity index (χ1n) is 7.19. The van der Waals surface area contributed by atoms with Gasteiger partial charge in [0.05, 0.1) is 12.6 Å². The maximum Gasteiger partial charge on any atom is 0.236 e. The van der Waals surface area contributed by atoms with E-state index < -0.39 is 0 Å². The molecule has 0 aliphatic heterocycles. The minimum atomic E-state index is -0.235. The largest absolute Gasteiger partial charge is 0.383 e. The van der Waals surface area contributed by atoms with Crippen LogP contribution in [0, 0.1) is 0 Å². The van der Waals surface area contributed by atoms with Crippen LogP contribution in [0.5, 0.6) is 0 Å². The van der Waals surface area contributed by atoms with Gasteiger partial charge in [-0.25, -0.2) is 0 Å². The highest BCUT2D eigenvalue weighted by molar-refractivity contribution is 5.85. The minimum Gasteiger partial charge on any atom is -0.383 e. The molecule has 1 atom stereocenters. The summed E-state index contributed by atoms with van der Waals surface area (Å²) < 4.78 is 4.91. The number of methoxy groups -OCH3 is 1. The van der Waals surface area contributed by atoms with E-state index in [-0.39, 0.29) is 11.9 Å². The molecule has 2 aromatic rings. The predicted molar refractivity (Wildman–Crippen MR) is 85.1 cm³/mol. The van der Waals surface area contributed by atoms with Gasteiger partial charge in [-0.05, 0) is 23.3 Å². The highest BCUT2D eigenvalue weighted by atomic mass is 16.5. The van der Waals surface area contributed by atoms with Gasteiger partial charge < -0.3 is 15.4 Å². The molecular formula is C17H22N2O2. The van der Waals surface area contributed by atoms with Crippen molar-refractivity contribution in [3.8, 4) is 0 Å². The normalized spacial score (nSPS) is 12.3. The SMILES string of the molecule is COCCNC(=O)C(C)NCc1cccc2ccccc12. The lowest BCUT2D eigenvalue weighted by Gasteiger charge is -2.15. The van der Waals surface area contributed by atoms with Gasteiger partial charge in [0.2, 0.25) is 5.91 Å². The molecule has 0 radical (unpaired) electrons. The van der Waals surface area contributed by atoms with Gasteiger partial charge in [-0.2, -0.15) is 0 Å². The second kappa shape index (κ2) is 7.76. The summed E-state index contributed by atoms with van der Waals surface area (Å²) in [5.41, 5.74) is 1.20. The standard InChI is InChI=1S/C17H22N2O2/c1-13(17(20)18-10-11-21-2)19-12-15-8-5-7-14-6-3-4-9-16(14)15/h3-9,13,19H,10-12H2,1-2H3,(H,18,20). The van der Waals surface area contributed by atoms with E-state index in [0.29, 0.717) is 19.7 Å². The van der Waals surface area contributed by atoms with Crippen LogP contribution in [0.2, 0.25) is 0 Å². The van der Waals surface area contributed by atoms with E-state index in [1.54, 1.807) is 7.11 Å². The molecule has 0 aliphatic carbocycles. The number of benzene rings is 2. The summed E-state index contributed by atoms with van der Waals surface area (Å²) in [4.78, 5) is 11.9. The lowest BCUT2D eigenvalue weighted by Crippen LogP contribution is -2.42. The average Bonchev–Trinajstić information content (AvgIpc) is 2.52. The summed E-state index contributed by atoms with van der Waals surface area (Å²) in [6.45, 7) is 3.60. The summed E-state index contributed by atoms with van der Waals surface area (Å²) in [7, 11) is 1.62. The van der Waals surface area contributed by atoms with E-state index >= 15 is 0 Å². The number of nitrogens with one attached hydrogen (secondary N) is 2. The van der Waals surface area contributed by atoms with Crippen molar-refractivity contribution in [3.63, 3.8) is 0 Å². The van der Waals surface area contributed by atoms with Crippen molar-refractivity contribution in [2.75, 3.05) is 20.3 Å². The van der Waals surface area contributed by atoms with Crippen molar-refractivity contribution in [1.82, 2.24) is 10.6 Å². The highest BCUT2D eigenvalue weighted by Gasteiger charge is 2.11. The monoisotopic (exact) mass is 286 g/mol. The molecule has 4 nitrogen and oxygen atoms in total. The third-order valence-electron chi connectivity index (χ3n) is 3.48. The maximum absolute atomic E-state index is 11.9. The van der Waals surface area contributed by atoms with E-state index in [1.807, 2.05) is 25.1 Å². The summed E-state index contributed by atoms with van der Waals surface area (Å²) in [5, 5.41) is 8.53. The molecule has 0 fully saturated rings. The topological polar surface area (TPSA) is 50.4 Å². The van der Waals surface area contributed by atoms with E-state index in [4.69, 9.17) is 4.74 Å². The van der Waals surface area contributed by atoms with Crippen molar-refractivity contribution >= 4 is 16.7 Å². The number of carbonyl (C=O) groups is 1. The molecule has 0 bridgehead atoms. The van der Waals surface area contributed by atoms with Crippen molar-refractivity contribution < 1.29 is 9.53 Å². The van der Waals surface area contributed by atoms with Crippen LogP contribution in [-0.2, 0) is 16.1 Å². The second-order valence-electron chi connectivity index (χ2n) is 5.02. The Bertz CT molecular complexity index is 593. The molecule has 0 aromatic heterocycles. The zero-order valence-corrected chi connectivity index (χ0v) is 12.6. The highest BCUT2D eigenvalue weighted by Crippen LogP contribution is 2.18. The van der Waals surface area contributed by atoms with Crippen LogP contribution in [0.25, 0.3) is 10.8 Å². The maximum atomic E-state index is 11.9. The molecule has 2 rings (SSSR count). The Morgan fingerprint density at radius 3 is 2.76 bits per heavy atom. The predicted octanol–water partition coefficient (Wildman–Crippen LogP) is 2.08. The van der Waals surface area contributed by atoms with Crippen LogP contribution in [0.1, 0.15) is 12.5 Å². The van der Waals surface area contributed by atoms with E-state index in [1.165, 1.54) is 16.3 Å². The Morgan fingerprint density at radius 1 is 1.19 bits per heavy atom. The zero-order valence-electron chi connectivity index (χ0n) is 12.6. The number of ether oxygens (including phenoxy) is 1. The van der Waals surface area contributed by atoms with Crippen molar-refractivity contribution in [1.29, 1.82) is 0 Å². The van der Waals surface area contributed by atoms with E-state index in [2.05, 4.69) is 34.9 Å². The number of carbonyl (C=O) groups excluding carboxylic acids is 1. The molecular weight excluding hydrogens is 264 g/mol. The molecule has 0 aliphatic rings. The van der Waals surface area contributed by atoms with Gasteiger partial charge in [0.15, 0.2) is 0 Å². The molecule has 2 N–H and O–H groups in total. The second-order valence-corrected chi connectivity index (χ2v) is 5.02. The first-order chi connectivity index (χ1) is 10.2. The number of hydrogen-bond donors (Lipinski definition) is 2. The number of hydrogen-bond acceptors (Lipinski definition) is 3. The van der Waals surface area contributed by atoms with E-state index in [0.717, 1.165) is 0 Å². The Labute approximate surface area is 125 Å². The fraction of sp³-hybridized carbons (Fsp3) is 0.353. The Hall–Kier alpha value is -1.91. The van der Waals surface area contributed by atoms with Gasteiger partial charge in [-0.3, -0.25) is 4.79 Å². The summed E-state index contributed by atoms with van der Waals surface area (Å²) >= 11 is 0. The molecule has 1 unspecified atom stereocenters. The first-order valence-corrected chi connectivity index (χ1v) is 7.19.